The molecule has 110 valence electrons. The largest absolute Gasteiger partial charge is 0.310 e. The molecule has 1 heterocycles. The van der Waals surface area contributed by atoms with E-state index in [1.54, 1.807) is 0 Å². The summed E-state index contributed by atoms with van der Waals surface area (Å²) in [4.78, 5) is 1.33. The molecule has 0 radical (unpaired) electrons. The van der Waals surface area contributed by atoms with Crippen molar-refractivity contribution in [1.82, 2.24) is 10.0 Å². The summed E-state index contributed by atoms with van der Waals surface area (Å²) < 4.78 is 27.4. The van der Waals surface area contributed by atoms with Gasteiger partial charge in [-0.1, -0.05) is 27.7 Å². The first-order chi connectivity index (χ1) is 8.74. The van der Waals surface area contributed by atoms with Crippen LogP contribution in [0.4, 0.5) is 0 Å². The van der Waals surface area contributed by atoms with Gasteiger partial charge in [0.2, 0.25) is 10.0 Å². The summed E-state index contributed by atoms with van der Waals surface area (Å²) >= 11 is 1.50. The molecule has 0 aliphatic carbocycles. The lowest BCUT2D eigenvalue weighted by Gasteiger charge is -2.12. The molecule has 0 saturated carbocycles. The van der Waals surface area contributed by atoms with Crippen LogP contribution < -0.4 is 10.0 Å². The quantitative estimate of drug-likeness (QED) is 0.813. The first-order valence-corrected chi connectivity index (χ1v) is 8.90. The van der Waals surface area contributed by atoms with Crippen LogP contribution >= 0.6 is 11.3 Å². The van der Waals surface area contributed by atoms with E-state index in [4.69, 9.17) is 0 Å². The molecular weight excluding hydrogens is 280 g/mol. The Balaban J connectivity index is 2.95. The number of nitrogens with one attached hydrogen (secondary N) is 2. The zero-order valence-corrected chi connectivity index (χ0v) is 13.9. The molecule has 0 bridgehead atoms. The normalized spacial score (nSPS) is 12.6. The first-order valence-electron chi connectivity index (χ1n) is 6.54. The van der Waals surface area contributed by atoms with Crippen molar-refractivity contribution in [2.75, 3.05) is 6.54 Å². The van der Waals surface area contributed by atoms with Crippen LogP contribution in [0, 0.1) is 12.8 Å². The van der Waals surface area contributed by atoms with E-state index < -0.39 is 10.0 Å². The predicted molar refractivity (Wildman–Crippen MR) is 81.1 cm³/mol. The summed E-state index contributed by atoms with van der Waals surface area (Å²) in [5.41, 5.74) is 0.821. The van der Waals surface area contributed by atoms with Gasteiger partial charge in [-0.2, -0.15) is 0 Å². The van der Waals surface area contributed by atoms with E-state index in [-0.39, 0.29) is 0 Å². The Morgan fingerprint density at radius 1 is 1.26 bits per heavy atom. The number of rotatable bonds is 7. The molecule has 0 unspecified atom stereocenters. The summed E-state index contributed by atoms with van der Waals surface area (Å²) in [6.45, 7) is 11.0. The molecule has 1 aromatic rings. The molecule has 0 amide bonds. The fraction of sp³-hybridized carbons (Fsp3) is 0.692. The number of aryl methyl sites for hydroxylation is 1. The van der Waals surface area contributed by atoms with E-state index in [2.05, 4.69) is 10.0 Å². The number of thiophene rings is 1. The predicted octanol–water partition coefficient (Wildman–Crippen LogP) is 2.49. The van der Waals surface area contributed by atoms with E-state index in [0.29, 0.717) is 29.9 Å². The van der Waals surface area contributed by atoms with Gasteiger partial charge >= 0.3 is 0 Å². The summed E-state index contributed by atoms with van der Waals surface area (Å²) in [7, 11) is -3.40. The summed E-state index contributed by atoms with van der Waals surface area (Å²) in [5, 5.41) is 5.17. The van der Waals surface area contributed by atoms with Gasteiger partial charge in [-0.05, 0) is 23.8 Å². The molecule has 1 aromatic heterocycles. The Morgan fingerprint density at radius 3 is 2.42 bits per heavy atom. The lowest BCUT2D eigenvalue weighted by molar-refractivity contribution is 0.555. The van der Waals surface area contributed by atoms with Gasteiger partial charge in [0.05, 0.1) is 0 Å². The minimum absolute atomic E-state index is 0.297. The van der Waals surface area contributed by atoms with Crippen molar-refractivity contribution in [3.63, 3.8) is 0 Å². The van der Waals surface area contributed by atoms with Crippen LogP contribution in [-0.4, -0.2) is 21.0 Å². The standard InChI is InChI=1S/C13H24N2O2S2/c1-9(2)6-15-19(16,17)13-11(5)8-18-12(13)7-14-10(3)4/h8-10,14-15H,6-7H2,1-5H3. The summed E-state index contributed by atoms with van der Waals surface area (Å²) in [6.07, 6.45) is 0. The molecule has 0 aliphatic rings. The highest BCUT2D eigenvalue weighted by molar-refractivity contribution is 7.89. The minimum Gasteiger partial charge on any atom is -0.310 e. The highest BCUT2D eigenvalue weighted by Crippen LogP contribution is 2.26. The fourth-order valence-corrected chi connectivity index (χ4v) is 4.59. The van der Waals surface area contributed by atoms with E-state index >= 15 is 0 Å². The number of hydrogen-bond acceptors (Lipinski definition) is 4. The van der Waals surface area contributed by atoms with Crippen molar-refractivity contribution < 1.29 is 8.42 Å². The molecule has 0 atom stereocenters. The molecule has 1 rings (SSSR count). The smallest absolute Gasteiger partial charge is 0.241 e. The fourth-order valence-electron chi connectivity index (χ4n) is 1.62. The van der Waals surface area contributed by atoms with Gasteiger partial charge in [-0.3, -0.25) is 0 Å². The highest BCUT2D eigenvalue weighted by atomic mass is 32.2. The molecule has 0 aromatic carbocycles. The van der Waals surface area contributed by atoms with Crippen LogP contribution in [-0.2, 0) is 16.6 Å². The second-order valence-electron chi connectivity index (χ2n) is 5.45. The van der Waals surface area contributed by atoms with Crippen molar-refractivity contribution >= 4 is 21.4 Å². The van der Waals surface area contributed by atoms with Crippen molar-refractivity contribution in [2.24, 2.45) is 5.92 Å². The van der Waals surface area contributed by atoms with Crippen LogP contribution in [0.2, 0.25) is 0 Å². The summed E-state index contributed by atoms with van der Waals surface area (Å²) in [6, 6.07) is 0.335. The number of hydrogen-bond donors (Lipinski definition) is 2. The maximum Gasteiger partial charge on any atom is 0.241 e. The average Bonchev–Trinajstić information content (AvgIpc) is 2.66. The van der Waals surface area contributed by atoms with Crippen molar-refractivity contribution in [1.29, 1.82) is 0 Å². The van der Waals surface area contributed by atoms with Gasteiger partial charge in [-0.15, -0.1) is 11.3 Å². The Labute approximate surface area is 120 Å². The SMILES string of the molecule is Cc1csc(CNC(C)C)c1S(=O)(=O)NCC(C)C. The minimum atomic E-state index is -3.40. The second-order valence-corrected chi connectivity index (χ2v) is 8.12. The molecule has 4 nitrogen and oxygen atoms in total. The molecule has 0 spiro atoms. The van der Waals surface area contributed by atoms with Crippen LogP contribution in [0.1, 0.15) is 38.1 Å². The Bertz CT molecular complexity index is 505. The van der Waals surface area contributed by atoms with Crippen molar-refractivity contribution in [2.45, 2.75) is 52.1 Å². The third-order valence-corrected chi connectivity index (χ3v) is 5.50. The molecule has 2 N–H and O–H groups in total. The Kier molecular flexibility index (Phi) is 5.98. The lowest BCUT2D eigenvalue weighted by atomic mass is 10.2. The molecule has 6 heteroatoms. The highest BCUT2D eigenvalue weighted by Gasteiger charge is 2.22. The van der Waals surface area contributed by atoms with Crippen LogP contribution in [0.5, 0.6) is 0 Å². The third kappa shape index (κ3) is 4.87. The zero-order chi connectivity index (χ0) is 14.6. The average molecular weight is 304 g/mol. The van der Waals surface area contributed by atoms with Crippen LogP contribution in [0.25, 0.3) is 0 Å². The van der Waals surface area contributed by atoms with Gasteiger partial charge in [-0.25, -0.2) is 13.1 Å². The molecule has 0 fully saturated rings. The lowest BCUT2D eigenvalue weighted by Crippen LogP contribution is -2.29. The molecular formula is C13H24N2O2S2. The van der Waals surface area contributed by atoms with Gasteiger partial charge in [0.1, 0.15) is 4.90 Å². The number of sulfonamides is 1. The maximum atomic E-state index is 12.4. The van der Waals surface area contributed by atoms with Gasteiger partial charge < -0.3 is 5.32 Å². The Morgan fingerprint density at radius 2 is 1.89 bits per heavy atom. The Hall–Kier alpha value is -0.430. The van der Waals surface area contributed by atoms with E-state index in [1.165, 1.54) is 11.3 Å². The topological polar surface area (TPSA) is 58.2 Å². The van der Waals surface area contributed by atoms with Gasteiger partial charge in [0.15, 0.2) is 0 Å². The zero-order valence-electron chi connectivity index (χ0n) is 12.3. The van der Waals surface area contributed by atoms with Gasteiger partial charge in [0.25, 0.3) is 0 Å². The van der Waals surface area contributed by atoms with E-state index in [1.807, 2.05) is 40.0 Å². The summed E-state index contributed by atoms with van der Waals surface area (Å²) in [5.74, 6) is 0.297. The van der Waals surface area contributed by atoms with Crippen molar-refractivity contribution in [3.05, 3.63) is 15.8 Å². The van der Waals surface area contributed by atoms with E-state index in [9.17, 15) is 8.42 Å². The maximum absolute atomic E-state index is 12.4. The van der Waals surface area contributed by atoms with Crippen molar-refractivity contribution in [3.8, 4) is 0 Å². The van der Waals surface area contributed by atoms with Gasteiger partial charge in [0, 0.05) is 24.0 Å². The van der Waals surface area contributed by atoms with E-state index in [0.717, 1.165) is 10.4 Å². The first kappa shape index (κ1) is 16.6. The second kappa shape index (κ2) is 6.83. The molecule has 0 aliphatic heterocycles. The molecule has 19 heavy (non-hydrogen) atoms. The monoisotopic (exact) mass is 304 g/mol. The molecule has 0 saturated heterocycles. The van der Waals surface area contributed by atoms with Crippen LogP contribution in [0.15, 0.2) is 10.3 Å². The van der Waals surface area contributed by atoms with Crippen LogP contribution in [0.3, 0.4) is 0 Å². The third-order valence-electron chi connectivity index (χ3n) is 2.61.